The quantitative estimate of drug-likeness (QED) is 0.664. The number of anilines is 1. The Labute approximate surface area is 116 Å². The summed E-state index contributed by atoms with van der Waals surface area (Å²) in [6.45, 7) is 6.07. The van der Waals surface area contributed by atoms with Crippen molar-refractivity contribution in [2.75, 3.05) is 18.4 Å². The third-order valence-corrected chi connectivity index (χ3v) is 3.07. The first kappa shape index (κ1) is 15.5. The van der Waals surface area contributed by atoms with E-state index in [-0.39, 0.29) is 5.91 Å². The van der Waals surface area contributed by atoms with Crippen LogP contribution in [0.25, 0.3) is 0 Å². The summed E-state index contributed by atoms with van der Waals surface area (Å²) in [4.78, 5) is 11.8. The minimum atomic E-state index is 0.0194. The van der Waals surface area contributed by atoms with Gasteiger partial charge in [-0.05, 0) is 37.1 Å². The fraction of sp³-hybridized carbons (Fsp3) is 0.562. The summed E-state index contributed by atoms with van der Waals surface area (Å²) in [6, 6.07) is 7.70. The van der Waals surface area contributed by atoms with Crippen molar-refractivity contribution in [1.82, 2.24) is 5.32 Å². The fourth-order valence-corrected chi connectivity index (χ4v) is 1.83. The van der Waals surface area contributed by atoms with E-state index in [1.54, 1.807) is 0 Å². The van der Waals surface area contributed by atoms with E-state index in [2.05, 4.69) is 24.5 Å². The average Bonchev–Trinajstić information content (AvgIpc) is 2.44. The van der Waals surface area contributed by atoms with Crippen molar-refractivity contribution in [2.24, 2.45) is 0 Å². The number of benzene rings is 1. The first-order valence-corrected chi connectivity index (χ1v) is 7.40. The molecule has 0 spiro atoms. The molecule has 3 nitrogen and oxygen atoms in total. The molecule has 3 heteroatoms. The van der Waals surface area contributed by atoms with Crippen LogP contribution in [0.2, 0.25) is 0 Å². The molecule has 0 aliphatic rings. The van der Waals surface area contributed by atoms with Crippen LogP contribution in [-0.4, -0.2) is 19.0 Å². The van der Waals surface area contributed by atoms with Gasteiger partial charge in [0.15, 0.2) is 0 Å². The molecular formula is C16H26N2O. The van der Waals surface area contributed by atoms with Crippen LogP contribution in [0.3, 0.4) is 0 Å². The Balaban J connectivity index is 2.36. The van der Waals surface area contributed by atoms with Gasteiger partial charge in [-0.1, -0.05) is 33.1 Å². The molecule has 2 N–H and O–H groups in total. The molecule has 0 bridgehead atoms. The highest BCUT2D eigenvalue weighted by Crippen LogP contribution is 2.10. The summed E-state index contributed by atoms with van der Waals surface area (Å²) in [6.07, 6.45) is 5.81. The van der Waals surface area contributed by atoms with Crippen LogP contribution >= 0.6 is 0 Å². The molecule has 1 rings (SSSR count). The summed E-state index contributed by atoms with van der Waals surface area (Å²) in [5.74, 6) is 0.0194. The second kappa shape index (κ2) is 9.42. The van der Waals surface area contributed by atoms with Crippen molar-refractivity contribution in [3.05, 3.63) is 29.8 Å². The normalized spacial score (nSPS) is 10.2. The smallest absolute Gasteiger partial charge is 0.251 e. The topological polar surface area (TPSA) is 41.1 Å². The van der Waals surface area contributed by atoms with Crippen molar-refractivity contribution in [3.8, 4) is 0 Å². The van der Waals surface area contributed by atoms with Crippen molar-refractivity contribution >= 4 is 11.6 Å². The second-order valence-electron chi connectivity index (χ2n) is 4.82. The third kappa shape index (κ3) is 6.27. The summed E-state index contributed by atoms with van der Waals surface area (Å²) in [5.41, 5.74) is 1.82. The lowest BCUT2D eigenvalue weighted by Crippen LogP contribution is -2.24. The highest BCUT2D eigenvalue weighted by atomic mass is 16.1. The van der Waals surface area contributed by atoms with Gasteiger partial charge < -0.3 is 10.6 Å². The van der Waals surface area contributed by atoms with Crippen LogP contribution in [0, 0.1) is 0 Å². The van der Waals surface area contributed by atoms with Crippen LogP contribution < -0.4 is 10.6 Å². The van der Waals surface area contributed by atoms with Gasteiger partial charge in [-0.3, -0.25) is 4.79 Å². The largest absolute Gasteiger partial charge is 0.385 e. The summed E-state index contributed by atoms with van der Waals surface area (Å²) in [5, 5.41) is 6.29. The number of carbonyl (C=O) groups is 1. The van der Waals surface area contributed by atoms with E-state index in [9.17, 15) is 4.79 Å². The molecule has 106 valence electrons. The van der Waals surface area contributed by atoms with E-state index in [4.69, 9.17) is 0 Å². The van der Waals surface area contributed by atoms with E-state index in [1.165, 1.54) is 19.3 Å². The molecule has 0 radical (unpaired) electrons. The Kier molecular flexibility index (Phi) is 7.71. The molecule has 1 amide bonds. The number of rotatable bonds is 9. The van der Waals surface area contributed by atoms with Crippen LogP contribution in [-0.2, 0) is 0 Å². The van der Waals surface area contributed by atoms with E-state index >= 15 is 0 Å². The molecule has 0 fully saturated rings. The molecule has 1 aromatic rings. The van der Waals surface area contributed by atoms with Crippen molar-refractivity contribution in [2.45, 2.75) is 46.0 Å². The summed E-state index contributed by atoms with van der Waals surface area (Å²) >= 11 is 0. The maximum atomic E-state index is 11.8. The van der Waals surface area contributed by atoms with Gasteiger partial charge in [-0.2, -0.15) is 0 Å². The average molecular weight is 262 g/mol. The Morgan fingerprint density at radius 1 is 0.947 bits per heavy atom. The van der Waals surface area contributed by atoms with Gasteiger partial charge in [0.1, 0.15) is 0 Å². The number of carbonyl (C=O) groups excluding carboxylic acids is 1. The predicted octanol–water partition coefficient (Wildman–Crippen LogP) is 3.82. The zero-order chi connectivity index (χ0) is 13.9. The molecule has 0 saturated carbocycles. The minimum absolute atomic E-state index is 0.0194. The number of hydrogen-bond donors (Lipinski definition) is 2. The second-order valence-corrected chi connectivity index (χ2v) is 4.82. The zero-order valence-corrected chi connectivity index (χ0v) is 12.2. The van der Waals surface area contributed by atoms with E-state index in [0.29, 0.717) is 0 Å². The lowest BCUT2D eigenvalue weighted by atomic mass is 10.2. The molecule has 0 aromatic heterocycles. The summed E-state index contributed by atoms with van der Waals surface area (Å²) < 4.78 is 0. The number of amides is 1. The van der Waals surface area contributed by atoms with Crippen LogP contribution in [0.4, 0.5) is 5.69 Å². The Bertz CT molecular complexity index is 360. The van der Waals surface area contributed by atoms with Gasteiger partial charge in [0.2, 0.25) is 0 Å². The molecule has 19 heavy (non-hydrogen) atoms. The molecule has 1 aromatic carbocycles. The van der Waals surface area contributed by atoms with Crippen LogP contribution in [0.15, 0.2) is 24.3 Å². The number of unbranched alkanes of at least 4 members (excludes halogenated alkanes) is 3. The number of hydrogen-bond acceptors (Lipinski definition) is 2. The molecule has 0 atom stereocenters. The predicted molar refractivity (Wildman–Crippen MR) is 81.7 cm³/mol. The van der Waals surface area contributed by atoms with E-state index < -0.39 is 0 Å². The fourth-order valence-electron chi connectivity index (χ4n) is 1.83. The number of nitrogens with one attached hydrogen (secondary N) is 2. The Morgan fingerprint density at radius 2 is 1.63 bits per heavy atom. The first-order chi connectivity index (χ1) is 9.27. The van der Waals surface area contributed by atoms with Gasteiger partial charge in [0.25, 0.3) is 5.91 Å². The van der Waals surface area contributed by atoms with Gasteiger partial charge in [0.05, 0.1) is 0 Å². The lowest BCUT2D eigenvalue weighted by Gasteiger charge is -2.07. The molecule has 0 aliphatic carbocycles. The Hall–Kier alpha value is -1.51. The highest BCUT2D eigenvalue weighted by molar-refractivity contribution is 5.94. The van der Waals surface area contributed by atoms with E-state index in [0.717, 1.165) is 37.2 Å². The van der Waals surface area contributed by atoms with Crippen LogP contribution in [0.5, 0.6) is 0 Å². The summed E-state index contributed by atoms with van der Waals surface area (Å²) in [7, 11) is 0. The maximum Gasteiger partial charge on any atom is 0.251 e. The lowest BCUT2D eigenvalue weighted by molar-refractivity contribution is 0.0953. The van der Waals surface area contributed by atoms with Crippen molar-refractivity contribution in [3.63, 3.8) is 0 Å². The molecule has 0 aliphatic heterocycles. The van der Waals surface area contributed by atoms with Crippen molar-refractivity contribution in [1.29, 1.82) is 0 Å². The zero-order valence-electron chi connectivity index (χ0n) is 12.2. The van der Waals surface area contributed by atoms with Crippen molar-refractivity contribution < 1.29 is 4.79 Å². The molecule has 0 heterocycles. The monoisotopic (exact) mass is 262 g/mol. The van der Waals surface area contributed by atoms with E-state index in [1.807, 2.05) is 24.3 Å². The van der Waals surface area contributed by atoms with Crippen LogP contribution in [0.1, 0.15) is 56.3 Å². The molecular weight excluding hydrogens is 236 g/mol. The Morgan fingerprint density at radius 3 is 2.26 bits per heavy atom. The molecule has 0 unspecified atom stereocenters. The maximum absolute atomic E-state index is 11.8. The third-order valence-electron chi connectivity index (χ3n) is 3.07. The van der Waals surface area contributed by atoms with Gasteiger partial charge in [-0.25, -0.2) is 0 Å². The SMILES string of the molecule is CCCCCNc1ccc(C(=O)NCCCC)cc1. The van der Waals surface area contributed by atoms with Gasteiger partial charge >= 0.3 is 0 Å². The highest BCUT2D eigenvalue weighted by Gasteiger charge is 2.03. The van der Waals surface area contributed by atoms with Gasteiger partial charge in [-0.15, -0.1) is 0 Å². The van der Waals surface area contributed by atoms with Gasteiger partial charge in [0, 0.05) is 24.3 Å². The first-order valence-electron chi connectivity index (χ1n) is 7.40. The minimum Gasteiger partial charge on any atom is -0.385 e. The standard InChI is InChI=1S/C16H26N2O/c1-3-5-7-13-17-15-10-8-14(9-11-15)16(19)18-12-6-4-2/h8-11,17H,3-7,12-13H2,1-2H3,(H,18,19). The molecule has 0 saturated heterocycles.